The molecule has 4 atom stereocenters. The van der Waals surface area contributed by atoms with Gasteiger partial charge in [-0.05, 0) is 88.2 Å². The Labute approximate surface area is 279 Å². The second-order valence-electron chi connectivity index (χ2n) is 12.5. The molecule has 0 unspecified atom stereocenters. The Morgan fingerprint density at radius 1 is 1.06 bits per heavy atom. The molecule has 11 heteroatoms. The number of aliphatic hydroxyl groups excluding tert-OH is 1. The fourth-order valence-corrected chi connectivity index (χ4v) is 6.73. The van der Waals surface area contributed by atoms with Crippen LogP contribution in [-0.2, 0) is 21.3 Å². The SMILES string of the molecule is COc1ccc(S(=O)(=O)Nc2ccc3c(c2)C(=O)N([C@@H](C)CO)C[C@@H](C)[C@H](CN(C)Cc2ccccc2)OCCCC[C@@H](C)O3)cc1. The average Bonchev–Trinajstić information content (AvgIpc) is 3.06. The minimum atomic E-state index is -3.96. The highest BCUT2D eigenvalue weighted by Gasteiger charge is 2.30. The molecule has 3 aromatic carbocycles. The third-order valence-electron chi connectivity index (χ3n) is 8.46. The number of amides is 1. The van der Waals surface area contributed by atoms with Gasteiger partial charge >= 0.3 is 0 Å². The number of hydrogen-bond acceptors (Lipinski definition) is 8. The molecule has 0 radical (unpaired) electrons. The Kier molecular flexibility index (Phi) is 13.1. The number of hydrogen-bond donors (Lipinski definition) is 2. The van der Waals surface area contributed by atoms with E-state index >= 15 is 0 Å². The average molecular weight is 668 g/mol. The van der Waals surface area contributed by atoms with E-state index in [1.807, 2.05) is 25.1 Å². The Morgan fingerprint density at radius 2 is 1.79 bits per heavy atom. The van der Waals surface area contributed by atoms with Gasteiger partial charge in [0.2, 0.25) is 0 Å². The number of methoxy groups -OCH3 is 1. The van der Waals surface area contributed by atoms with Gasteiger partial charge in [-0.2, -0.15) is 0 Å². The van der Waals surface area contributed by atoms with Crippen LogP contribution in [0.25, 0.3) is 0 Å². The third-order valence-corrected chi connectivity index (χ3v) is 9.86. The first-order valence-corrected chi connectivity index (χ1v) is 17.7. The maximum Gasteiger partial charge on any atom is 0.261 e. The number of sulfonamides is 1. The van der Waals surface area contributed by atoms with Crippen LogP contribution in [0.4, 0.5) is 5.69 Å². The van der Waals surface area contributed by atoms with E-state index in [2.05, 4.69) is 35.7 Å². The van der Waals surface area contributed by atoms with Crippen molar-refractivity contribution in [3.63, 3.8) is 0 Å². The molecule has 2 N–H and O–H groups in total. The van der Waals surface area contributed by atoms with E-state index in [4.69, 9.17) is 14.2 Å². The summed E-state index contributed by atoms with van der Waals surface area (Å²) in [4.78, 5) is 18.3. The molecule has 0 aliphatic carbocycles. The van der Waals surface area contributed by atoms with E-state index in [1.54, 1.807) is 36.1 Å². The maximum atomic E-state index is 14.4. The van der Waals surface area contributed by atoms with Crippen molar-refractivity contribution in [1.82, 2.24) is 9.80 Å². The zero-order valence-electron chi connectivity index (χ0n) is 28.1. The minimum absolute atomic E-state index is 0.0576. The van der Waals surface area contributed by atoms with Crippen molar-refractivity contribution in [2.24, 2.45) is 5.92 Å². The first-order valence-electron chi connectivity index (χ1n) is 16.2. The first kappa shape index (κ1) is 36.2. The standard InChI is InChI=1S/C36H49N3O7S/c1-26-22-39(27(2)25-40)36(41)33-21-30(37-47(42,43)32-17-15-31(44-5)16-18-32)14-19-34(33)46-28(3)11-9-10-20-45-35(26)24-38(4)23-29-12-7-6-8-13-29/h6-8,12-19,21,26-28,35,37,40H,9-11,20,22-25H2,1-5H3/t26-,27+,28-,35+/m1/s1. The van der Waals surface area contributed by atoms with E-state index in [-0.39, 0.29) is 46.8 Å². The highest BCUT2D eigenvalue weighted by molar-refractivity contribution is 7.92. The van der Waals surface area contributed by atoms with Crippen LogP contribution in [0.5, 0.6) is 11.5 Å². The number of nitrogens with zero attached hydrogens (tertiary/aromatic N) is 2. The first-order chi connectivity index (χ1) is 22.5. The molecule has 1 amide bonds. The Bertz CT molecular complexity index is 1540. The normalized spacial score (nSPS) is 20.5. The monoisotopic (exact) mass is 667 g/mol. The van der Waals surface area contributed by atoms with Crippen LogP contribution in [-0.4, -0.2) is 87.9 Å². The van der Waals surface area contributed by atoms with E-state index in [0.717, 1.165) is 25.8 Å². The van der Waals surface area contributed by atoms with Crippen LogP contribution in [0.1, 0.15) is 56.0 Å². The van der Waals surface area contributed by atoms with Crippen LogP contribution in [0.2, 0.25) is 0 Å². The van der Waals surface area contributed by atoms with Gasteiger partial charge in [0.05, 0.1) is 42.4 Å². The van der Waals surface area contributed by atoms with Crippen LogP contribution in [0.3, 0.4) is 0 Å². The summed E-state index contributed by atoms with van der Waals surface area (Å²) in [6, 6.07) is 20.6. The molecule has 3 aromatic rings. The molecule has 0 bridgehead atoms. The number of carbonyl (C=O) groups is 1. The summed E-state index contributed by atoms with van der Waals surface area (Å²) in [5.41, 5.74) is 1.65. The van der Waals surface area contributed by atoms with Gasteiger partial charge in [-0.25, -0.2) is 8.42 Å². The minimum Gasteiger partial charge on any atom is -0.497 e. The summed E-state index contributed by atoms with van der Waals surface area (Å²) >= 11 is 0. The molecule has 0 spiro atoms. The van der Waals surface area contributed by atoms with Gasteiger partial charge in [-0.15, -0.1) is 0 Å². The molecule has 0 fully saturated rings. The molecule has 1 aliphatic heterocycles. The topological polar surface area (TPSA) is 118 Å². The third kappa shape index (κ3) is 10.2. The summed E-state index contributed by atoms with van der Waals surface area (Å²) < 4.78 is 47.0. The second-order valence-corrected chi connectivity index (χ2v) is 14.2. The van der Waals surface area contributed by atoms with Gasteiger partial charge in [0, 0.05) is 37.8 Å². The number of aliphatic hydroxyl groups is 1. The Morgan fingerprint density at radius 3 is 2.47 bits per heavy atom. The lowest BCUT2D eigenvalue weighted by Gasteiger charge is -2.36. The zero-order chi connectivity index (χ0) is 34.0. The van der Waals surface area contributed by atoms with Crippen molar-refractivity contribution in [3.05, 3.63) is 83.9 Å². The number of carbonyl (C=O) groups excluding carboxylic acids is 1. The number of fused-ring (bicyclic) bond motifs is 1. The van der Waals surface area contributed by atoms with Crippen molar-refractivity contribution < 1.29 is 32.5 Å². The van der Waals surface area contributed by atoms with Gasteiger partial charge in [0.1, 0.15) is 11.5 Å². The highest BCUT2D eigenvalue weighted by atomic mass is 32.2. The van der Waals surface area contributed by atoms with E-state index in [9.17, 15) is 18.3 Å². The smallest absolute Gasteiger partial charge is 0.261 e. The predicted octanol–water partition coefficient (Wildman–Crippen LogP) is 5.42. The molecule has 4 rings (SSSR count). The number of benzene rings is 3. The van der Waals surface area contributed by atoms with E-state index in [0.29, 0.717) is 31.2 Å². The molecule has 256 valence electrons. The molecule has 0 saturated carbocycles. The molecule has 47 heavy (non-hydrogen) atoms. The van der Waals surface area contributed by atoms with Crippen molar-refractivity contribution >= 4 is 21.6 Å². The lowest BCUT2D eigenvalue weighted by Crippen LogP contribution is -2.47. The van der Waals surface area contributed by atoms with Crippen molar-refractivity contribution in [2.75, 3.05) is 45.2 Å². The van der Waals surface area contributed by atoms with Crippen LogP contribution < -0.4 is 14.2 Å². The van der Waals surface area contributed by atoms with Gasteiger partial charge in [-0.3, -0.25) is 14.4 Å². The summed E-state index contributed by atoms with van der Waals surface area (Å²) in [7, 11) is -0.382. The zero-order valence-corrected chi connectivity index (χ0v) is 28.9. The summed E-state index contributed by atoms with van der Waals surface area (Å²) in [6.07, 6.45) is 2.16. The van der Waals surface area contributed by atoms with Gasteiger partial charge < -0.3 is 24.2 Å². The van der Waals surface area contributed by atoms with Crippen molar-refractivity contribution in [2.45, 2.75) is 69.7 Å². The summed E-state index contributed by atoms with van der Waals surface area (Å²) in [6.45, 7) is 7.92. The molecular weight excluding hydrogens is 618 g/mol. The Hall–Kier alpha value is -3.64. The quantitative estimate of drug-likeness (QED) is 0.294. The van der Waals surface area contributed by atoms with Crippen molar-refractivity contribution in [1.29, 1.82) is 0 Å². The molecule has 1 heterocycles. The second kappa shape index (κ2) is 17.0. The molecule has 0 saturated heterocycles. The van der Waals surface area contributed by atoms with Crippen molar-refractivity contribution in [3.8, 4) is 11.5 Å². The highest BCUT2D eigenvalue weighted by Crippen LogP contribution is 2.30. The lowest BCUT2D eigenvalue weighted by molar-refractivity contribution is -0.0177. The molecule has 10 nitrogen and oxygen atoms in total. The lowest BCUT2D eigenvalue weighted by atomic mass is 10.0. The number of rotatable bonds is 10. The maximum absolute atomic E-state index is 14.4. The summed E-state index contributed by atoms with van der Waals surface area (Å²) in [5, 5.41) is 10.2. The fraction of sp³-hybridized carbons (Fsp3) is 0.472. The number of anilines is 1. The van der Waals surface area contributed by atoms with E-state index in [1.165, 1.54) is 30.9 Å². The fourth-order valence-electron chi connectivity index (χ4n) is 5.68. The number of ether oxygens (including phenoxy) is 3. The van der Waals surface area contributed by atoms with Gasteiger partial charge in [0.25, 0.3) is 15.9 Å². The number of likely N-dealkylation sites (N-methyl/N-ethyl adjacent to an activating group) is 1. The van der Waals surface area contributed by atoms with Crippen LogP contribution >= 0.6 is 0 Å². The van der Waals surface area contributed by atoms with Gasteiger partial charge in [-0.1, -0.05) is 37.3 Å². The summed E-state index contributed by atoms with van der Waals surface area (Å²) in [5.74, 6) is 0.466. The molecular formula is C36H49N3O7S. The predicted molar refractivity (Wildman–Crippen MR) is 183 cm³/mol. The number of nitrogens with one attached hydrogen (secondary N) is 1. The van der Waals surface area contributed by atoms with E-state index < -0.39 is 16.1 Å². The molecule has 0 aromatic heterocycles. The van der Waals surface area contributed by atoms with Gasteiger partial charge in [0.15, 0.2) is 0 Å². The van der Waals surface area contributed by atoms with Crippen LogP contribution in [0, 0.1) is 5.92 Å². The molecule has 1 aliphatic rings. The largest absolute Gasteiger partial charge is 0.497 e. The van der Waals surface area contributed by atoms with Crippen LogP contribution in [0.15, 0.2) is 77.7 Å². The Balaban J connectivity index is 1.64.